The number of hydrogen-bond acceptors (Lipinski definition) is 2. The molecule has 1 aromatic rings. The molecule has 12 heavy (non-hydrogen) atoms. The van der Waals surface area contributed by atoms with Crippen LogP contribution in [0.4, 0.5) is 0 Å². The molecular formula is C9H9BrOS. The molecule has 0 aliphatic heterocycles. The van der Waals surface area contributed by atoms with Crippen LogP contribution in [0.25, 0.3) is 0 Å². The largest absolute Gasteiger partial charge is 0.294 e. The van der Waals surface area contributed by atoms with E-state index < -0.39 is 0 Å². The van der Waals surface area contributed by atoms with Crippen molar-refractivity contribution >= 4 is 33.0 Å². The maximum atomic E-state index is 11.0. The van der Waals surface area contributed by atoms with E-state index in [0.29, 0.717) is 0 Å². The monoisotopic (exact) mass is 244 g/mol. The Morgan fingerprint density at radius 2 is 2.33 bits per heavy atom. The molecule has 0 spiro atoms. The summed E-state index contributed by atoms with van der Waals surface area (Å²) in [6.07, 6.45) is 2.58. The molecule has 0 bridgehead atoms. The minimum atomic E-state index is 0.174. The smallest absolute Gasteiger partial charge is 0.169 e. The summed E-state index contributed by atoms with van der Waals surface area (Å²) in [6, 6.07) is 1.95. The molecule has 1 aromatic heterocycles. The predicted octanol–water partition coefficient (Wildman–Crippen LogP) is 3.59. The molecule has 0 amide bonds. The van der Waals surface area contributed by atoms with Crippen molar-refractivity contribution in [3.05, 3.63) is 20.3 Å². The summed E-state index contributed by atoms with van der Waals surface area (Å²) in [4.78, 5) is 13.3. The molecule has 0 radical (unpaired) electrons. The second-order valence-electron chi connectivity index (χ2n) is 3.15. The average molecular weight is 245 g/mol. The van der Waals surface area contributed by atoms with Gasteiger partial charge in [-0.05, 0) is 47.7 Å². The zero-order chi connectivity index (χ0) is 8.72. The molecule has 0 N–H and O–H groups in total. The first kappa shape index (κ1) is 8.45. The molecule has 1 heterocycles. The third kappa shape index (κ3) is 1.48. The Bertz CT molecular complexity index is 325. The summed E-state index contributed by atoms with van der Waals surface area (Å²) in [5, 5.41) is 0. The maximum Gasteiger partial charge on any atom is 0.169 e. The van der Waals surface area contributed by atoms with Crippen molar-refractivity contribution in [1.29, 1.82) is 0 Å². The van der Waals surface area contributed by atoms with Gasteiger partial charge in [-0.3, -0.25) is 4.79 Å². The van der Waals surface area contributed by atoms with Gasteiger partial charge in [0.05, 0.1) is 4.88 Å². The van der Waals surface area contributed by atoms with Crippen LogP contribution in [-0.4, -0.2) is 5.78 Å². The van der Waals surface area contributed by atoms with Gasteiger partial charge in [-0.15, -0.1) is 11.3 Å². The van der Waals surface area contributed by atoms with E-state index in [-0.39, 0.29) is 5.78 Å². The lowest BCUT2D eigenvalue weighted by Gasteiger charge is -1.89. The van der Waals surface area contributed by atoms with Crippen LogP contribution in [0.2, 0.25) is 0 Å². The number of Topliss-reactive ketones (excluding diaryl/α,β-unsaturated/α-hetero) is 1. The van der Waals surface area contributed by atoms with Crippen LogP contribution in [-0.2, 0) is 0 Å². The summed E-state index contributed by atoms with van der Waals surface area (Å²) >= 11 is 5.13. The van der Waals surface area contributed by atoms with Gasteiger partial charge in [-0.1, -0.05) is 0 Å². The highest BCUT2D eigenvalue weighted by molar-refractivity contribution is 9.10. The molecular weight excluding hydrogens is 236 g/mol. The van der Waals surface area contributed by atoms with Gasteiger partial charge in [0.15, 0.2) is 5.78 Å². The lowest BCUT2D eigenvalue weighted by atomic mass is 10.3. The fraction of sp³-hybridized carbons (Fsp3) is 0.444. The summed E-state index contributed by atoms with van der Waals surface area (Å²) in [5.41, 5.74) is 0. The van der Waals surface area contributed by atoms with Crippen LogP contribution < -0.4 is 0 Å². The van der Waals surface area contributed by atoms with E-state index in [1.807, 2.05) is 6.07 Å². The number of rotatable bonds is 2. The van der Waals surface area contributed by atoms with E-state index in [1.165, 1.54) is 17.7 Å². The molecule has 3 heteroatoms. The molecule has 0 unspecified atom stereocenters. The van der Waals surface area contributed by atoms with Crippen molar-refractivity contribution in [3.8, 4) is 0 Å². The van der Waals surface area contributed by atoms with Gasteiger partial charge < -0.3 is 0 Å². The molecule has 1 aliphatic carbocycles. The minimum absolute atomic E-state index is 0.174. The highest BCUT2D eigenvalue weighted by Crippen LogP contribution is 2.47. The standard InChI is InChI=1S/C9H9BrOS/c1-5(11)8-4-7(10)9(12-8)6-2-3-6/h4,6H,2-3H2,1H3. The summed E-state index contributed by atoms with van der Waals surface area (Å²) in [5.74, 6) is 0.907. The van der Waals surface area contributed by atoms with Gasteiger partial charge in [0, 0.05) is 9.35 Å². The van der Waals surface area contributed by atoms with E-state index in [2.05, 4.69) is 15.9 Å². The number of carbonyl (C=O) groups is 1. The van der Waals surface area contributed by atoms with E-state index in [9.17, 15) is 4.79 Å². The van der Waals surface area contributed by atoms with E-state index in [4.69, 9.17) is 0 Å². The highest BCUT2D eigenvalue weighted by atomic mass is 79.9. The lowest BCUT2D eigenvalue weighted by molar-refractivity contribution is 0.102. The topological polar surface area (TPSA) is 17.1 Å². The average Bonchev–Trinajstić information content (AvgIpc) is 2.75. The van der Waals surface area contributed by atoms with Crippen molar-refractivity contribution in [2.45, 2.75) is 25.7 Å². The van der Waals surface area contributed by atoms with Gasteiger partial charge in [0.25, 0.3) is 0 Å². The highest BCUT2D eigenvalue weighted by Gasteiger charge is 2.28. The molecule has 1 nitrogen and oxygen atoms in total. The van der Waals surface area contributed by atoms with Crippen molar-refractivity contribution < 1.29 is 4.79 Å². The first-order valence-corrected chi connectivity index (χ1v) is 5.59. The summed E-state index contributed by atoms with van der Waals surface area (Å²) in [6.45, 7) is 1.62. The van der Waals surface area contributed by atoms with Gasteiger partial charge >= 0.3 is 0 Å². The third-order valence-corrected chi connectivity index (χ3v) is 4.33. The Kier molecular flexibility index (Phi) is 2.09. The van der Waals surface area contributed by atoms with E-state index in [1.54, 1.807) is 18.3 Å². The molecule has 1 aliphatic rings. The van der Waals surface area contributed by atoms with Crippen molar-refractivity contribution in [2.24, 2.45) is 0 Å². The SMILES string of the molecule is CC(=O)c1cc(Br)c(C2CC2)s1. The number of ketones is 1. The Balaban J connectivity index is 2.36. The molecule has 1 saturated carbocycles. The fourth-order valence-electron chi connectivity index (χ4n) is 1.18. The number of hydrogen-bond donors (Lipinski definition) is 0. The second kappa shape index (κ2) is 2.96. The van der Waals surface area contributed by atoms with Crippen LogP contribution in [0.15, 0.2) is 10.5 Å². The van der Waals surface area contributed by atoms with Crippen molar-refractivity contribution in [1.82, 2.24) is 0 Å². The summed E-state index contributed by atoms with van der Waals surface area (Å²) < 4.78 is 1.13. The Morgan fingerprint density at radius 1 is 1.67 bits per heavy atom. The van der Waals surface area contributed by atoms with E-state index in [0.717, 1.165) is 15.3 Å². The molecule has 1 fully saturated rings. The van der Waals surface area contributed by atoms with E-state index >= 15 is 0 Å². The second-order valence-corrected chi connectivity index (χ2v) is 5.09. The zero-order valence-electron chi connectivity index (χ0n) is 6.76. The normalized spacial score (nSPS) is 16.5. The summed E-state index contributed by atoms with van der Waals surface area (Å²) in [7, 11) is 0. The molecule has 0 atom stereocenters. The first-order valence-electron chi connectivity index (χ1n) is 3.98. The minimum Gasteiger partial charge on any atom is -0.294 e. The lowest BCUT2D eigenvalue weighted by Crippen LogP contribution is -1.83. The Labute approximate surface area is 83.9 Å². The molecule has 2 rings (SSSR count). The van der Waals surface area contributed by atoms with Crippen molar-refractivity contribution in [3.63, 3.8) is 0 Å². The van der Waals surface area contributed by atoms with Crippen molar-refractivity contribution in [2.75, 3.05) is 0 Å². The third-order valence-electron chi connectivity index (χ3n) is 2.01. The molecule has 0 aromatic carbocycles. The molecule has 0 saturated heterocycles. The van der Waals surface area contributed by atoms with Gasteiger partial charge in [0.1, 0.15) is 0 Å². The molecule has 64 valence electrons. The first-order chi connectivity index (χ1) is 5.68. The van der Waals surface area contributed by atoms with Gasteiger partial charge in [-0.25, -0.2) is 0 Å². The van der Waals surface area contributed by atoms with Crippen LogP contribution in [0.3, 0.4) is 0 Å². The Hall–Kier alpha value is -0.150. The number of thiophene rings is 1. The van der Waals surface area contributed by atoms with Crippen LogP contribution in [0.5, 0.6) is 0 Å². The Morgan fingerprint density at radius 3 is 2.75 bits per heavy atom. The van der Waals surface area contributed by atoms with Gasteiger partial charge in [0.2, 0.25) is 0 Å². The maximum absolute atomic E-state index is 11.0. The van der Waals surface area contributed by atoms with Gasteiger partial charge in [-0.2, -0.15) is 0 Å². The van der Waals surface area contributed by atoms with Crippen LogP contribution in [0.1, 0.15) is 40.2 Å². The fourth-order valence-corrected chi connectivity index (χ4v) is 3.24. The van der Waals surface area contributed by atoms with Crippen LogP contribution >= 0.6 is 27.3 Å². The number of halogens is 1. The number of carbonyl (C=O) groups excluding carboxylic acids is 1. The van der Waals surface area contributed by atoms with Crippen LogP contribution in [0, 0.1) is 0 Å². The zero-order valence-corrected chi connectivity index (χ0v) is 9.17. The quantitative estimate of drug-likeness (QED) is 0.727. The predicted molar refractivity (Wildman–Crippen MR) is 54.0 cm³/mol.